The number of thiocarbonyl (C=S) groups is 2. The molecule has 0 atom stereocenters. The van der Waals surface area contributed by atoms with Gasteiger partial charge in [0.25, 0.3) is 10.3 Å². The summed E-state index contributed by atoms with van der Waals surface area (Å²) in [6.07, 6.45) is 0. The molecular formula is C6H12N2OS2. The van der Waals surface area contributed by atoms with Gasteiger partial charge in [0, 0.05) is 28.2 Å². The average Bonchev–Trinajstić information content (AvgIpc) is 1.87. The van der Waals surface area contributed by atoms with E-state index in [1.54, 1.807) is 38.0 Å². The van der Waals surface area contributed by atoms with Crippen molar-refractivity contribution in [1.82, 2.24) is 9.80 Å². The summed E-state index contributed by atoms with van der Waals surface area (Å²) in [5, 5.41) is 0.757. The summed E-state index contributed by atoms with van der Waals surface area (Å²) in [7, 11) is 7.22. The van der Waals surface area contributed by atoms with E-state index in [1.807, 2.05) is 0 Å². The van der Waals surface area contributed by atoms with Gasteiger partial charge in [-0.25, -0.2) is 0 Å². The lowest BCUT2D eigenvalue weighted by molar-refractivity contribution is 0.392. The molecule has 0 aliphatic rings. The molecule has 0 saturated carbocycles. The van der Waals surface area contributed by atoms with Crippen LogP contribution < -0.4 is 0 Å². The Morgan fingerprint density at radius 1 is 0.909 bits per heavy atom. The minimum absolute atomic E-state index is 0.378. The standard InChI is InChI=1S/C6H12N2OS2/c1-7(2)5(10)9-6(11)8(3)4/h1-4H3. The SMILES string of the molecule is CN(C)C(=S)OC(=S)N(C)C. The maximum Gasteiger partial charge on any atom is 0.266 e. The van der Waals surface area contributed by atoms with Crippen LogP contribution in [0.15, 0.2) is 0 Å². The van der Waals surface area contributed by atoms with Gasteiger partial charge in [-0.3, -0.25) is 0 Å². The Balaban J connectivity index is 3.86. The van der Waals surface area contributed by atoms with Gasteiger partial charge in [-0.1, -0.05) is 0 Å². The lowest BCUT2D eigenvalue weighted by atomic mass is 10.9. The molecule has 0 bridgehead atoms. The molecule has 0 aromatic carbocycles. The summed E-state index contributed by atoms with van der Waals surface area (Å²) < 4.78 is 5.09. The van der Waals surface area contributed by atoms with Gasteiger partial charge in [0.2, 0.25) is 0 Å². The zero-order chi connectivity index (χ0) is 9.02. The van der Waals surface area contributed by atoms with E-state index in [1.165, 1.54) is 0 Å². The number of nitrogens with zero attached hydrogens (tertiary/aromatic N) is 2. The molecule has 0 heterocycles. The highest BCUT2D eigenvalue weighted by Gasteiger charge is 2.05. The molecule has 0 aliphatic carbocycles. The van der Waals surface area contributed by atoms with Crippen molar-refractivity contribution in [3.05, 3.63) is 0 Å². The monoisotopic (exact) mass is 192 g/mol. The fourth-order valence-electron chi connectivity index (χ4n) is 0.257. The molecule has 0 saturated heterocycles. The van der Waals surface area contributed by atoms with E-state index in [0.29, 0.717) is 10.3 Å². The number of hydrogen-bond donors (Lipinski definition) is 0. The Bertz CT molecular complexity index is 150. The van der Waals surface area contributed by atoms with Crippen molar-refractivity contribution in [3.63, 3.8) is 0 Å². The lowest BCUT2D eigenvalue weighted by Gasteiger charge is -2.18. The zero-order valence-corrected chi connectivity index (χ0v) is 8.75. The van der Waals surface area contributed by atoms with Gasteiger partial charge >= 0.3 is 0 Å². The average molecular weight is 192 g/mol. The smallest absolute Gasteiger partial charge is 0.266 e. The Morgan fingerprint density at radius 3 is 1.36 bits per heavy atom. The second kappa shape index (κ2) is 4.46. The molecule has 0 amide bonds. The molecule has 0 aromatic rings. The predicted octanol–water partition coefficient (Wildman–Crippen LogP) is 0.696. The minimum atomic E-state index is 0.378. The number of rotatable bonds is 0. The normalized spacial score (nSPS) is 8.73. The maximum absolute atomic E-state index is 5.09. The fourth-order valence-corrected chi connectivity index (χ4v) is 0.468. The summed E-state index contributed by atoms with van der Waals surface area (Å²) >= 11 is 9.73. The van der Waals surface area contributed by atoms with Gasteiger partial charge in [0.05, 0.1) is 0 Å². The fraction of sp³-hybridized carbons (Fsp3) is 0.667. The molecule has 0 rings (SSSR count). The van der Waals surface area contributed by atoms with Crippen LogP contribution in [0.3, 0.4) is 0 Å². The Labute approximate surface area is 77.9 Å². The van der Waals surface area contributed by atoms with Crippen molar-refractivity contribution in [1.29, 1.82) is 0 Å². The topological polar surface area (TPSA) is 15.7 Å². The molecular weight excluding hydrogens is 180 g/mol. The van der Waals surface area contributed by atoms with Crippen LogP contribution in [0.5, 0.6) is 0 Å². The Hall–Kier alpha value is -0.420. The quantitative estimate of drug-likeness (QED) is 0.523. The molecule has 0 fully saturated rings. The second-order valence-corrected chi connectivity index (χ2v) is 3.12. The van der Waals surface area contributed by atoms with Crippen LogP contribution in [0.25, 0.3) is 0 Å². The summed E-state index contributed by atoms with van der Waals surface area (Å²) in [4.78, 5) is 3.37. The van der Waals surface area contributed by atoms with Gasteiger partial charge in [-0.2, -0.15) is 0 Å². The third-order valence-corrected chi connectivity index (χ3v) is 1.80. The molecule has 3 nitrogen and oxygen atoms in total. The first-order chi connectivity index (χ1) is 4.95. The number of hydrogen-bond acceptors (Lipinski definition) is 3. The zero-order valence-electron chi connectivity index (χ0n) is 7.12. The lowest BCUT2D eigenvalue weighted by Crippen LogP contribution is -2.31. The van der Waals surface area contributed by atoms with E-state index in [9.17, 15) is 0 Å². The Kier molecular flexibility index (Phi) is 4.29. The highest BCUT2D eigenvalue weighted by atomic mass is 32.1. The second-order valence-electron chi connectivity index (χ2n) is 2.42. The largest absolute Gasteiger partial charge is 0.405 e. The molecule has 0 unspecified atom stereocenters. The van der Waals surface area contributed by atoms with Gasteiger partial charge in [-0.05, 0) is 24.4 Å². The summed E-state index contributed by atoms with van der Waals surface area (Å²) in [6, 6.07) is 0. The van der Waals surface area contributed by atoms with Crippen LogP contribution in [0, 0.1) is 0 Å². The summed E-state index contributed by atoms with van der Waals surface area (Å²) in [5.41, 5.74) is 0. The van der Waals surface area contributed by atoms with Crippen LogP contribution in [-0.4, -0.2) is 48.3 Å². The molecule has 0 N–H and O–H groups in total. The molecule has 64 valence electrons. The molecule has 0 radical (unpaired) electrons. The minimum Gasteiger partial charge on any atom is -0.405 e. The predicted molar refractivity (Wildman–Crippen MR) is 53.7 cm³/mol. The van der Waals surface area contributed by atoms with Crippen molar-refractivity contribution in [2.24, 2.45) is 0 Å². The maximum atomic E-state index is 5.09. The summed E-state index contributed by atoms with van der Waals surface area (Å²) in [5.74, 6) is 0. The van der Waals surface area contributed by atoms with Crippen LogP contribution in [-0.2, 0) is 4.74 Å². The van der Waals surface area contributed by atoms with Crippen LogP contribution in [0.4, 0.5) is 0 Å². The van der Waals surface area contributed by atoms with E-state index in [-0.39, 0.29) is 0 Å². The molecule has 0 spiro atoms. The summed E-state index contributed by atoms with van der Waals surface area (Å²) in [6.45, 7) is 0. The third kappa shape index (κ3) is 4.10. The van der Waals surface area contributed by atoms with Crippen molar-refractivity contribution in [3.8, 4) is 0 Å². The van der Waals surface area contributed by atoms with Gasteiger partial charge in [-0.15, -0.1) is 0 Å². The highest BCUT2D eigenvalue weighted by molar-refractivity contribution is 7.81. The van der Waals surface area contributed by atoms with Crippen LogP contribution in [0.1, 0.15) is 0 Å². The van der Waals surface area contributed by atoms with E-state index in [2.05, 4.69) is 0 Å². The van der Waals surface area contributed by atoms with Crippen molar-refractivity contribution in [2.75, 3.05) is 28.2 Å². The Morgan fingerprint density at radius 2 is 1.18 bits per heavy atom. The third-order valence-electron chi connectivity index (χ3n) is 0.905. The first kappa shape index (κ1) is 10.6. The van der Waals surface area contributed by atoms with Gasteiger partial charge in [0.15, 0.2) is 0 Å². The van der Waals surface area contributed by atoms with E-state index in [0.717, 1.165) is 0 Å². The van der Waals surface area contributed by atoms with Crippen LogP contribution in [0.2, 0.25) is 0 Å². The van der Waals surface area contributed by atoms with Crippen LogP contribution >= 0.6 is 24.4 Å². The van der Waals surface area contributed by atoms with Crippen molar-refractivity contribution >= 4 is 34.8 Å². The van der Waals surface area contributed by atoms with Gasteiger partial charge in [0.1, 0.15) is 0 Å². The molecule has 11 heavy (non-hydrogen) atoms. The molecule has 0 aromatic heterocycles. The van der Waals surface area contributed by atoms with E-state index >= 15 is 0 Å². The number of ether oxygens (including phenoxy) is 1. The van der Waals surface area contributed by atoms with Crippen molar-refractivity contribution in [2.45, 2.75) is 0 Å². The molecule has 5 heteroatoms. The molecule has 0 aliphatic heterocycles. The first-order valence-corrected chi connectivity index (χ1v) is 3.87. The van der Waals surface area contributed by atoms with E-state index < -0.39 is 0 Å². The van der Waals surface area contributed by atoms with Gasteiger partial charge < -0.3 is 14.5 Å². The van der Waals surface area contributed by atoms with E-state index in [4.69, 9.17) is 29.2 Å². The highest BCUT2D eigenvalue weighted by Crippen LogP contribution is 1.92. The van der Waals surface area contributed by atoms with Crippen molar-refractivity contribution < 1.29 is 4.74 Å². The first-order valence-electron chi connectivity index (χ1n) is 3.05.